The zero-order valence-electron chi connectivity index (χ0n) is 11.1. The van der Waals surface area contributed by atoms with Crippen molar-refractivity contribution in [3.63, 3.8) is 0 Å². The molecule has 0 spiro atoms. The van der Waals surface area contributed by atoms with Crippen molar-refractivity contribution < 1.29 is 14.6 Å². The van der Waals surface area contributed by atoms with Gasteiger partial charge in [-0.3, -0.25) is 0 Å². The summed E-state index contributed by atoms with van der Waals surface area (Å²) in [6, 6.07) is 3.48. The number of anilines is 1. The highest BCUT2D eigenvalue weighted by Gasteiger charge is 2.23. The van der Waals surface area contributed by atoms with Crippen LogP contribution in [0.4, 0.5) is 5.82 Å². The highest BCUT2D eigenvalue weighted by atomic mass is 16.5. The van der Waals surface area contributed by atoms with E-state index in [1.54, 1.807) is 19.1 Å². The van der Waals surface area contributed by atoms with Gasteiger partial charge in [0.25, 0.3) is 0 Å². The average molecular weight is 264 g/mol. The standard InChI is InChI=1S/C14H20N2O3/c1-2-19-14(18)10-7-8-13(15-9-10)16-11-5-3-4-6-12(11)17/h7-9,11-12,17H,2-6H2,1H3,(H,15,16). The van der Waals surface area contributed by atoms with Gasteiger partial charge in [-0.05, 0) is 31.9 Å². The second-order valence-corrected chi connectivity index (χ2v) is 4.76. The number of pyridine rings is 1. The number of hydrogen-bond acceptors (Lipinski definition) is 5. The molecule has 1 heterocycles. The number of nitrogens with zero attached hydrogens (tertiary/aromatic N) is 1. The Morgan fingerprint density at radius 3 is 2.89 bits per heavy atom. The van der Waals surface area contributed by atoms with E-state index in [0.29, 0.717) is 18.0 Å². The number of hydrogen-bond donors (Lipinski definition) is 2. The van der Waals surface area contributed by atoms with Gasteiger partial charge in [0.2, 0.25) is 0 Å². The summed E-state index contributed by atoms with van der Waals surface area (Å²) in [5.74, 6) is 0.318. The smallest absolute Gasteiger partial charge is 0.339 e. The van der Waals surface area contributed by atoms with E-state index in [9.17, 15) is 9.90 Å². The number of rotatable bonds is 4. The minimum absolute atomic E-state index is 0.0506. The molecule has 104 valence electrons. The third-order valence-corrected chi connectivity index (χ3v) is 3.34. The van der Waals surface area contributed by atoms with Crippen LogP contribution in [0.5, 0.6) is 0 Å². The van der Waals surface area contributed by atoms with Gasteiger partial charge in [-0.1, -0.05) is 12.8 Å². The fourth-order valence-electron chi connectivity index (χ4n) is 2.28. The molecule has 2 atom stereocenters. The first-order valence-electron chi connectivity index (χ1n) is 6.78. The second kappa shape index (κ2) is 6.52. The topological polar surface area (TPSA) is 71.5 Å². The minimum atomic E-state index is -0.362. The molecule has 1 aliphatic carbocycles. The van der Waals surface area contributed by atoms with Crippen molar-refractivity contribution in [2.75, 3.05) is 11.9 Å². The van der Waals surface area contributed by atoms with E-state index in [4.69, 9.17) is 4.74 Å². The Balaban J connectivity index is 1.96. The summed E-state index contributed by atoms with van der Waals surface area (Å²) in [4.78, 5) is 15.7. The summed E-state index contributed by atoms with van der Waals surface area (Å²) in [5, 5.41) is 13.1. The maximum Gasteiger partial charge on any atom is 0.339 e. The highest BCUT2D eigenvalue weighted by molar-refractivity contribution is 5.89. The Kier molecular flexibility index (Phi) is 4.74. The third kappa shape index (κ3) is 3.67. The van der Waals surface area contributed by atoms with E-state index in [1.807, 2.05) is 0 Å². The number of carbonyl (C=O) groups is 1. The Morgan fingerprint density at radius 2 is 2.26 bits per heavy atom. The Labute approximate surface area is 113 Å². The lowest BCUT2D eigenvalue weighted by molar-refractivity contribution is 0.0526. The molecule has 0 saturated heterocycles. The van der Waals surface area contributed by atoms with Crippen molar-refractivity contribution >= 4 is 11.8 Å². The molecule has 1 aliphatic rings. The molecule has 1 aromatic rings. The molecule has 2 N–H and O–H groups in total. The van der Waals surface area contributed by atoms with Crippen LogP contribution in [0.2, 0.25) is 0 Å². The van der Waals surface area contributed by atoms with E-state index >= 15 is 0 Å². The fraction of sp³-hybridized carbons (Fsp3) is 0.571. The molecular formula is C14H20N2O3. The highest BCUT2D eigenvalue weighted by Crippen LogP contribution is 2.21. The first-order valence-corrected chi connectivity index (χ1v) is 6.78. The molecule has 2 unspecified atom stereocenters. The molecule has 0 aromatic carbocycles. The largest absolute Gasteiger partial charge is 0.462 e. The van der Waals surface area contributed by atoms with Gasteiger partial charge >= 0.3 is 5.97 Å². The predicted molar refractivity (Wildman–Crippen MR) is 72.1 cm³/mol. The number of carbonyl (C=O) groups excluding carboxylic acids is 1. The monoisotopic (exact) mass is 264 g/mol. The molecule has 19 heavy (non-hydrogen) atoms. The van der Waals surface area contributed by atoms with Crippen LogP contribution in [0, 0.1) is 0 Å². The number of ether oxygens (including phenoxy) is 1. The summed E-state index contributed by atoms with van der Waals surface area (Å²) in [6.45, 7) is 2.12. The van der Waals surface area contributed by atoms with Gasteiger partial charge in [0.05, 0.1) is 24.3 Å². The van der Waals surface area contributed by atoms with E-state index in [1.165, 1.54) is 6.20 Å². The molecular weight excluding hydrogens is 244 g/mol. The van der Waals surface area contributed by atoms with Crippen LogP contribution in [0.3, 0.4) is 0 Å². The molecule has 1 fully saturated rings. The maximum absolute atomic E-state index is 11.5. The van der Waals surface area contributed by atoms with Gasteiger partial charge in [-0.15, -0.1) is 0 Å². The van der Waals surface area contributed by atoms with Crippen LogP contribution in [0.1, 0.15) is 43.0 Å². The molecule has 0 amide bonds. The average Bonchev–Trinajstić information content (AvgIpc) is 2.42. The molecule has 2 rings (SSSR count). The van der Waals surface area contributed by atoms with Crippen molar-refractivity contribution in [3.05, 3.63) is 23.9 Å². The van der Waals surface area contributed by atoms with Crippen LogP contribution in [0.25, 0.3) is 0 Å². The summed E-state index contributed by atoms with van der Waals surface area (Å²) in [5.41, 5.74) is 0.441. The molecule has 0 radical (unpaired) electrons. The summed E-state index contributed by atoms with van der Waals surface area (Å²) < 4.78 is 4.90. The Morgan fingerprint density at radius 1 is 1.47 bits per heavy atom. The van der Waals surface area contributed by atoms with Gasteiger partial charge in [0, 0.05) is 6.20 Å². The summed E-state index contributed by atoms with van der Waals surface area (Å²) in [7, 11) is 0. The van der Waals surface area contributed by atoms with Crippen LogP contribution in [-0.2, 0) is 4.74 Å². The third-order valence-electron chi connectivity index (χ3n) is 3.34. The lowest BCUT2D eigenvalue weighted by atomic mass is 9.92. The zero-order valence-corrected chi connectivity index (χ0v) is 11.1. The quantitative estimate of drug-likeness (QED) is 0.814. The maximum atomic E-state index is 11.5. The van der Waals surface area contributed by atoms with Crippen molar-refractivity contribution in [3.8, 4) is 0 Å². The van der Waals surface area contributed by atoms with Crippen LogP contribution < -0.4 is 5.32 Å². The van der Waals surface area contributed by atoms with E-state index in [0.717, 1.165) is 25.7 Å². The SMILES string of the molecule is CCOC(=O)c1ccc(NC2CCCCC2O)nc1. The van der Waals surface area contributed by atoms with E-state index < -0.39 is 0 Å². The van der Waals surface area contributed by atoms with Crippen molar-refractivity contribution in [1.29, 1.82) is 0 Å². The second-order valence-electron chi connectivity index (χ2n) is 4.76. The molecule has 1 saturated carbocycles. The predicted octanol–water partition coefficient (Wildman–Crippen LogP) is 1.97. The van der Waals surface area contributed by atoms with Crippen molar-refractivity contribution in [1.82, 2.24) is 4.98 Å². The molecule has 0 aliphatic heterocycles. The van der Waals surface area contributed by atoms with Crippen LogP contribution in [0.15, 0.2) is 18.3 Å². The lowest BCUT2D eigenvalue weighted by Gasteiger charge is -2.28. The number of aliphatic hydroxyl groups is 1. The fourth-order valence-corrected chi connectivity index (χ4v) is 2.28. The number of aromatic nitrogens is 1. The lowest BCUT2D eigenvalue weighted by Crippen LogP contribution is -2.36. The van der Waals surface area contributed by atoms with Gasteiger partial charge in [0.1, 0.15) is 5.82 Å². The Bertz CT molecular complexity index is 419. The number of nitrogens with one attached hydrogen (secondary N) is 1. The summed E-state index contributed by atoms with van der Waals surface area (Å²) in [6.07, 6.45) is 5.15. The number of esters is 1. The van der Waals surface area contributed by atoms with Crippen molar-refractivity contribution in [2.45, 2.75) is 44.8 Å². The van der Waals surface area contributed by atoms with Crippen LogP contribution in [-0.4, -0.2) is 34.8 Å². The van der Waals surface area contributed by atoms with E-state index in [-0.39, 0.29) is 18.1 Å². The Hall–Kier alpha value is -1.62. The molecule has 0 bridgehead atoms. The first-order chi connectivity index (χ1) is 9.20. The minimum Gasteiger partial charge on any atom is -0.462 e. The zero-order chi connectivity index (χ0) is 13.7. The molecule has 1 aromatic heterocycles. The number of aliphatic hydroxyl groups excluding tert-OH is 1. The molecule has 5 heteroatoms. The van der Waals surface area contributed by atoms with Crippen molar-refractivity contribution in [2.24, 2.45) is 0 Å². The van der Waals surface area contributed by atoms with Gasteiger partial charge in [0.15, 0.2) is 0 Å². The molecule has 5 nitrogen and oxygen atoms in total. The van der Waals surface area contributed by atoms with E-state index in [2.05, 4.69) is 10.3 Å². The normalized spacial score (nSPS) is 22.8. The van der Waals surface area contributed by atoms with Gasteiger partial charge in [-0.25, -0.2) is 9.78 Å². The van der Waals surface area contributed by atoms with Gasteiger partial charge < -0.3 is 15.2 Å². The first kappa shape index (κ1) is 13.8. The van der Waals surface area contributed by atoms with Crippen LogP contribution >= 0.6 is 0 Å². The van der Waals surface area contributed by atoms with Gasteiger partial charge in [-0.2, -0.15) is 0 Å². The summed E-state index contributed by atoms with van der Waals surface area (Å²) >= 11 is 0.